The molecule has 1 aliphatic heterocycles. The lowest BCUT2D eigenvalue weighted by Crippen LogP contribution is -2.30. The minimum atomic E-state index is -0.161. The molecular weight excluding hydrogens is 215 g/mol. The highest BCUT2D eigenvalue weighted by atomic mass is 19.1. The number of aryl methyl sites for hydroxylation is 1. The maximum Gasteiger partial charge on any atom is 0.123 e. The van der Waals surface area contributed by atoms with Gasteiger partial charge in [0.2, 0.25) is 0 Å². The Morgan fingerprint density at radius 3 is 2.94 bits per heavy atom. The standard InChI is InChI=1S/C15H21FO/c1-3-5-11(4-2)14-8-6-12-10-13(16)7-9-15(12)17-14/h7,9-11,14H,3-6,8H2,1-2H3. The van der Waals surface area contributed by atoms with Gasteiger partial charge in [0.05, 0.1) is 0 Å². The molecule has 1 nitrogen and oxygen atoms in total. The van der Waals surface area contributed by atoms with Crippen molar-refractivity contribution in [3.8, 4) is 5.75 Å². The summed E-state index contributed by atoms with van der Waals surface area (Å²) >= 11 is 0. The van der Waals surface area contributed by atoms with Gasteiger partial charge in [0.1, 0.15) is 17.7 Å². The van der Waals surface area contributed by atoms with Gasteiger partial charge in [-0.3, -0.25) is 0 Å². The third kappa shape index (κ3) is 2.80. The van der Waals surface area contributed by atoms with Crippen LogP contribution in [0.1, 0.15) is 45.1 Å². The first-order valence-electron chi connectivity index (χ1n) is 6.69. The van der Waals surface area contributed by atoms with Gasteiger partial charge in [-0.05, 0) is 55.4 Å². The van der Waals surface area contributed by atoms with Gasteiger partial charge in [-0.25, -0.2) is 4.39 Å². The molecule has 2 atom stereocenters. The second-order valence-corrected chi connectivity index (χ2v) is 4.90. The molecule has 0 saturated heterocycles. The van der Waals surface area contributed by atoms with Gasteiger partial charge in [-0.15, -0.1) is 0 Å². The second kappa shape index (κ2) is 5.52. The Bertz CT molecular complexity index is 375. The van der Waals surface area contributed by atoms with Crippen LogP contribution in [0.25, 0.3) is 0 Å². The lowest BCUT2D eigenvalue weighted by molar-refractivity contribution is 0.102. The molecule has 0 aliphatic carbocycles. The Morgan fingerprint density at radius 2 is 2.24 bits per heavy atom. The smallest absolute Gasteiger partial charge is 0.123 e. The van der Waals surface area contributed by atoms with Crippen LogP contribution in [0, 0.1) is 11.7 Å². The number of benzene rings is 1. The molecule has 0 fully saturated rings. The number of hydrogen-bond donors (Lipinski definition) is 0. The Balaban J connectivity index is 2.09. The van der Waals surface area contributed by atoms with Crippen LogP contribution in [0.2, 0.25) is 0 Å². The fraction of sp³-hybridized carbons (Fsp3) is 0.600. The first-order valence-corrected chi connectivity index (χ1v) is 6.69. The molecule has 0 saturated carbocycles. The van der Waals surface area contributed by atoms with E-state index in [1.165, 1.54) is 18.9 Å². The van der Waals surface area contributed by atoms with Gasteiger partial charge in [-0.1, -0.05) is 20.3 Å². The maximum atomic E-state index is 13.1. The summed E-state index contributed by atoms with van der Waals surface area (Å²) in [5, 5.41) is 0. The minimum absolute atomic E-state index is 0.161. The van der Waals surface area contributed by atoms with E-state index in [0.29, 0.717) is 12.0 Å². The van der Waals surface area contributed by atoms with Gasteiger partial charge in [0.25, 0.3) is 0 Å². The fourth-order valence-corrected chi connectivity index (χ4v) is 2.73. The SMILES string of the molecule is CCCC(CC)C1CCc2cc(F)ccc2O1. The van der Waals surface area contributed by atoms with Crippen molar-refractivity contribution in [3.05, 3.63) is 29.6 Å². The maximum absolute atomic E-state index is 13.1. The quantitative estimate of drug-likeness (QED) is 0.755. The van der Waals surface area contributed by atoms with E-state index >= 15 is 0 Å². The summed E-state index contributed by atoms with van der Waals surface area (Å²) in [7, 11) is 0. The largest absolute Gasteiger partial charge is 0.490 e. The molecule has 0 amide bonds. The molecule has 1 heterocycles. The van der Waals surface area contributed by atoms with Crippen molar-refractivity contribution in [3.63, 3.8) is 0 Å². The van der Waals surface area contributed by atoms with Crippen LogP contribution < -0.4 is 4.74 Å². The summed E-state index contributed by atoms with van der Waals surface area (Å²) in [5.74, 6) is 1.36. The van der Waals surface area contributed by atoms with E-state index in [1.807, 2.05) is 0 Å². The molecule has 2 unspecified atom stereocenters. The third-order valence-corrected chi connectivity index (χ3v) is 3.71. The summed E-state index contributed by atoms with van der Waals surface area (Å²) in [5.41, 5.74) is 1.02. The third-order valence-electron chi connectivity index (χ3n) is 3.71. The van der Waals surface area contributed by atoms with E-state index in [-0.39, 0.29) is 5.82 Å². The van der Waals surface area contributed by atoms with Gasteiger partial charge in [0.15, 0.2) is 0 Å². The van der Waals surface area contributed by atoms with E-state index in [2.05, 4.69) is 13.8 Å². The van der Waals surface area contributed by atoms with E-state index in [9.17, 15) is 4.39 Å². The highest BCUT2D eigenvalue weighted by Gasteiger charge is 2.26. The first kappa shape index (κ1) is 12.4. The zero-order valence-corrected chi connectivity index (χ0v) is 10.7. The van der Waals surface area contributed by atoms with Crippen molar-refractivity contribution in [1.29, 1.82) is 0 Å². The molecule has 1 aliphatic rings. The zero-order chi connectivity index (χ0) is 12.3. The number of hydrogen-bond acceptors (Lipinski definition) is 1. The number of ether oxygens (including phenoxy) is 1. The van der Waals surface area contributed by atoms with Crippen LogP contribution in [-0.2, 0) is 6.42 Å². The summed E-state index contributed by atoms with van der Waals surface area (Å²) in [4.78, 5) is 0. The zero-order valence-electron chi connectivity index (χ0n) is 10.7. The van der Waals surface area contributed by atoms with Crippen molar-refractivity contribution in [1.82, 2.24) is 0 Å². The van der Waals surface area contributed by atoms with Crippen molar-refractivity contribution >= 4 is 0 Å². The summed E-state index contributed by atoms with van der Waals surface area (Å²) in [6, 6.07) is 4.86. The number of halogens is 1. The molecule has 2 rings (SSSR count). The fourth-order valence-electron chi connectivity index (χ4n) is 2.73. The molecule has 2 heteroatoms. The Morgan fingerprint density at radius 1 is 1.41 bits per heavy atom. The predicted molar refractivity (Wildman–Crippen MR) is 67.8 cm³/mol. The summed E-state index contributed by atoms with van der Waals surface area (Å²) in [6.45, 7) is 4.44. The van der Waals surface area contributed by atoms with E-state index in [1.54, 1.807) is 12.1 Å². The van der Waals surface area contributed by atoms with E-state index in [0.717, 1.165) is 30.6 Å². The highest BCUT2D eigenvalue weighted by molar-refractivity contribution is 5.35. The Labute approximate surface area is 103 Å². The minimum Gasteiger partial charge on any atom is -0.490 e. The second-order valence-electron chi connectivity index (χ2n) is 4.90. The average Bonchev–Trinajstić information content (AvgIpc) is 2.35. The lowest BCUT2D eigenvalue weighted by Gasteiger charge is -2.31. The molecule has 0 bridgehead atoms. The Hall–Kier alpha value is -1.05. The van der Waals surface area contributed by atoms with E-state index < -0.39 is 0 Å². The lowest BCUT2D eigenvalue weighted by atomic mass is 9.88. The summed E-state index contributed by atoms with van der Waals surface area (Å²) < 4.78 is 19.1. The van der Waals surface area contributed by atoms with Gasteiger partial charge in [0, 0.05) is 0 Å². The first-order chi connectivity index (χ1) is 8.24. The van der Waals surface area contributed by atoms with Crippen molar-refractivity contribution in [2.75, 3.05) is 0 Å². The molecule has 17 heavy (non-hydrogen) atoms. The van der Waals surface area contributed by atoms with Crippen LogP contribution in [0.4, 0.5) is 4.39 Å². The van der Waals surface area contributed by atoms with Crippen LogP contribution in [0.3, 0.4) is 0 Å². The molecule has 94 valence electrons. The molecular formula is C15H21FO. The van der Waals surface area contributed by atoms with Gasteiger partial charge >= 0.3 is 0 Å². The molecule has 0 spiro atoms. The predicted octanol–water partition coefficient (Wildman–Crippen LogP) is 4.35. The molecule has 0 radical (unpaired) electrons. The van der Waals surface area contributed by atoms with Crippen molar-refractivity contribution in [2.24, 2.45) is 5.92 Å². The average molecular weight is 236 g/mol. The van der Waals surface area contributed by atoms with Crippen molar-refractivity contribution in [2.45, 2.75) is 52.1 Å². The normalized spacial score (nSPS) is 20.5. The highest BCUT2D eigenvalue weighted by Crippen LogP contribution is 2.33. The van der Waals surface area contributed by atoms with Gasteiger partial charge < -0.3 is 4.74 Å². The molecule has 1 aromatic rings. The molecule has 0 N–H and O–H groups in total. The van der Waals surface area contributed by atoms with Crippen LogP contribution in [0.15, 0.2) is 18.2 Å². The topological polar surface area (TPSA) is 9.23 Å². The van der Waals surface area contributed by atoms with Crippen LogP contribution in [-0.4, -0.2) is 6.10 Å². The molecule has 0 aromatic heterocycles. The van der Waals surface area contributed by atoms with Crippen LogP contribution in [0.5, 0.6) is 5.75 Å². The molecule has 1 aromatic carbocycles. The van der Waals surface area contributed by atoms with E-state index in [4.69, 9.17) is 4.74 Å². The number of fused-ring (bicyclic) bond motifs is 1. The Kier molecular flexibility index (Phi) is 4.03. The van der Waals surface area contributed by atoms with Gasteiger partial charge in [-0.2, -0.15) is 0 Å². The van der Waals surface area contributed by atoms with Crippen LogP contribution >= 0.6 is 0 Å². The monoisotopic (exact) mass is 236 g/mol. The van der Waals surface area contributed by atoms with Crippen molar-refractivity contribution < 1.29 is 9.13 Å². The summed E-state index contributed by atoms with van der Waals surface area (Å²) in [6.07, 6.45) is 5.87. The number of rotatable bonds is 4.